The number of nitrogens with one attached hydrogen (secondary N) is 1. The van der Waals surface area contributed by atoms with Gasteiger partial charge in [0.1, 0.15) is 0 Å². The minimum Gasteiger partial charge on any atom is -0.333 e. The molecular weight excluding hydrogens is 274 g/mol. The maximum atomic E-state index is 12.5. The Hall–Kier alpha value is -2.10. The molecule has 2 aliphatic carbocycles. The third-order valence-corrected chi connectivity index (χ3v) is 5.19. The monoisotopic (exact) mass is 295 g/mol. The molecule has 2 aliphatic rings. The fourth-order valence-corrected chi connectivity index (χ4v) is 4.14. The zero-order valence-electron chi connectivity index (χ0n) is 12.6. The maximum absolute atomic E-state index is 12.5. The summed E-state index contributed by atoms with van der Waals surface area (Å²) in [4.78, 5) is 16.6. The van der Waals surface area contributed by atoms with Gasteiger partial charge < -0.3 is 9.88 Å². The van der Waals surface area contributed by atoms with Crippen molar-refractivity contribution in [2.24, 2.45) is 17.8 Å². The van der Waals surface area contributed by atoms with Gasteiger partial charge in [-0.2, -0.15) is 0 Å². The topological polar surface area (TPSA) is 46.9 Å². The molecule has 0 aliphatic heterocycles. The highest BCUT2D eigenvalue weighted by atomic mass is 16.1. The van der Waals surface area contributed by atoms with Crippen molar-refractivity contribution in [1.29, 1.82) is 0 Å². The average Bonchev–Trinajstić information content (AvgIpc) is 3.25. The molecule has 4 heteroatoms. The Labute approximate surface area is 130 Å². The largest absolute Gasteiger partial charge is 0.333 e. The molecule has 1 aromatic carbocycles. The number of aromatic nitrogens is 2. The van der Waals surface area contributed by atoms with Crippen LogP contribution in [0.3, 0.4) is 0 Å². The van der Waals surface area contributed by atoms with Gasteiger partial charge in [0.05, 0.1) is 6.33 Å². The first kappa shape index (κ1) is 13.6. The molecule has 2 aromatic rings. The zero-order chi connectivity index (χ0) is 14.9. The lowest BCUT2D eigenvalue weighted by molar-refractivity contribution is -0.121. The van der Waals surface area contributed by atoms with E-state index >= 15 is 0 Å². The molecule has 1 N–H and O–H groups in total. The lowest BCUT2D eigenvalue weighted by Crippen LogP contribution is -2.27. The predicted octanol–water partition coefficient (Wildman–Crippen LogP) is 3.31. The van der Waals surface area contributed by atoms with Crippen LogP contribution in [0.15, 0.2) is 43.0 Å². The molecule has 2 fully saturated rings. The normalized spacial score (nSPS) is 26.3. The number of hydrogen-bond donors (Lipinski definition) is 1. The Bertz CT molecular complexity index is 665. The molecule has 2 saturated carbocycles. The van der Waals surface area contributed by atoms with E-state index in [1.54, 1.807) is 12.5 Å². The van der Waals surface area contributed by atoms with Gasteiger partial charge in [-0.3, -0.25) is 4.79 Å². The Balaban J connectivity index is 1.43. The van der Waals surface area contributed by atoms with Crippen LogP contribution in [0.2, 0.25) is 0 Å². The molecule has 1 aromatic heterocycles. The third kappa shape index (κ3) is 2.65. The SMILES string of the molecule is O=C(Nc1cccc(Cn2ccnc2)c1)[C@@H]1C[C@@H]2CC[C@H]1C2. The van der Waals surface area contributed by atoms with E-state index in [0.717, 1.165) is 24.6 Å². The van der Waals surface area contributed by atoms with Crippen molar-refractivity contribution in [3.8, 4) is 0 Å². The van der Waals surface area contributed by atoms with Gasteiger partial charge in [-0.1, -0.05) is 18.6 Å². The molecule has 0 radical (unpaired) electrons. The number of carbonyl (C=O) groups is 1. The van der Waals surface area contributed by atoms with Crippen LogP contribution >= 0.6 is 0 Å². The van der Waals surface area contributed by atoms with Crippen molar-refractivity contribution >= 4 is 11.6 Å². The fraction of sp³-hybridized carbons (Fsp3) is 0.444. The standard InChI is InChI=1S/C18H21N3O/c22-18(17-10-13-4-5-15(17)8-13)20-16-3-1-2-14(9-16)11-21-7-6-19-12-21/h1-3,6-7,9,12-13,15,17H,4-5,8,10-11H2,(H,20,22)/t13-,15+,17-/m1/s1. The molecule has 0 spiro atoms. The van der Waals surface area contributed by atoms with Gasteiger partial charge in [-0.05, 0) is 48.8 Å². The van der Waals surface area contributed by atoms with E-state index in [4.69, 9.17) is 0 Å². The molecule has 4 nitrogen and oxygen atoms in total. The number of hydrogen-bond acceptors (Lipinski definition) is 2. The summed E-state index contributed by atoms with van der Waals surface area (Å²) in [5.41, 5.74) is 2.08. The van der Waals surface area contributed by atoms with E-state index in [1.165, 1.54) is 24.8 Å². The molecule has 114 valence electrons. The second kappa shape index (κ2) is 5.59. The van der Waals surface area contributed by atoms with Crippen molar-refractivity contribution in [1.82, 2.24) is 9.55 Å². The van der Waals surface area contributed by atoms with E-state index in [9.17, 15) is 4.79 Å². The van der Waals surface area contributed by atoms with Crippen LogP contribution in [0.5, 0.6) is 0 Å². The predicted molar refractivity (Wildman–Crippen MR) is 85.3 cm³/mol. The van der Waals surface area contributed by atoms with E-state index in [1.807, 2.05) is 22.9 Å². The van der Waals surface area contributed by atoms with Gasteiger partial charge in [0, 0.05) is 30.5 Å². The summed E-state index contributed by atoms with van der Waals surface area (Å²) in [6.07, 6.45) is 10.4. The van der Waals surface area contributed by atoms with Crippen LogP contribution in [0, 0.1) is 17.8 Å². The van der Waals surface area contributed by atoms with Crippen LogP contribution in [0.4, 0.5) is 5.69 Å². The van der Waals surface area contributed by atoms with E-state index in [-0.39, 0.29) is 11.8 Å². The number of carbonyl (C=O) groups excluding carboxylic acids is 1. The number of fused-ring (bicyclic) bond motifs is 2. The van der Waals surface area contributed by atoms with Crippen LogP contribution < -0.4 is 5.32 Å². The second-order valence-corrected chi connectivity index (χ2v) is 6.71. The van der Waals surface area contributed by atoms with Gasteiger partial charge in [-0.15, -0.1) is 0 Å². The summed E-state index contributed by atoms with van der Waals surface area (Å²) in [6.45, 7) is 0.776. The minimum absolute atomic E-state index is 0.215. The summed E-state index contributed by atoms with van der Waals surface area (Å²) >= 11 is 0. The molecule has 0 saturated heterocycles. The lowest BCUT2D eigenvalue weighted by Gasteiger charge is -2.21. The fourth-order valence-electron chi connectivity index (χ4n) is 4.14. The molecule has 1 amide bonds. The van der Waals surface area contributed by atoms with Crippen LogP contribution in [0.25, 0.3) is 0 Å². The van der Waals surface area contributed by atoms with E-state index < -0.39 is 0 Å². The molecule has 22 heavy (non-hydrogen) atoms. The number of anilines is 1. The van der Waals surface area contributed by atoms with Gasteiger partial charge in [0.15, 0.2) is 0 Å². The highest BCUT2D eigenvalue weighted by Gasteiger charge is 2.42. The smallest absolute Gasteiger partial charge is 0.227 e. The van der Waals surface area contributed by atoms with Crippen LogP contribution in [0.1, 0.15) is 31.2 Å². The van der Waals surface area contributed by atoms with Crippen LogP contribution in [-0.4, -0.2) is 15.5 Å². The number of amides is 1. The quantitative estimate of drug-likeness (QED) is 0.940. The summed E-state index contributed by atoms with van der Waals surface area (Å²) in [5.74, 6) is 1.87. The third-order valence-electron chi connectivity index (χ3n) is 5.19. The highest BCUT2D eigenvalue weighted by Crippen LogP contribution is 2.48. The Morgan fingerprint density at radius 2 is 2.27 bits per heavy atom. The number of imidazole rings is 1. The van der Waals surface area contributed by atoms with E-state index in [2.05, 4.69) is 22.4 Å². The van der Waals surface area contributed by atoms with E-state index in [0.29, 0.717) is 5.92 Å². The first-order valence-corrected chi connectivity index (χ1v) is 8.13. The number of nitrogens with zero attached hydrogens (tertiary/aromatic N) is 2. The minimum atomic E-state index is 0.215. The molecule has 0 unspecified atom stereocenters. The number of rotatable bonds is 4. The van der Waals surface area contributed by atoms with Gasteiger partial charge in [0.25, 0.3) is 0 Å². The van der Waals surface area contributed by atoms with Crippen molar-refractivity contribution in [3.63, 3.8) is 0 Å². The van der Waals surface area contributed by atoms with Crippen molar-refractivity contribution in [3.05, 3.63) is 48.5 Å². The zero-order valence-corrected chi connectivity index (χ0v) is 12.6. The first-order valence-electron chi connectivity index (χ1n) is 8.13. The maximum Gasteiger partial charge on any atom is 0.227 e. The summed E-state index contributed by atoms with van der Waals surface area (Å²) < 4.78 is 2.02. The number of benzene rings is 1. The Kier molecular flexibility index (Phi) is 3.45. The first-order chi connectivity index (χ1) is 10.8. The summed E-state index contributed by atoms with van der Waals surface area (Å²) in [7, 11) is 0. The highest BCUT2D eigenvalue weighted by molar-refractivity contribution is 5.93. The Morgan fingerprint density at radius 1 is 1.32 bits per heavy atom. The van der Waals surface area contributed by atoms with Crippen molar-refractivity contribution < 1.29 is 4.79 Å². The van der Waals surface area contributed by atoms with Gasteiger partial charge in [-0.25, -0.2) is 4.98 Å². The molecular formula is C18H21N3O. The Morgan fingerprint density at radius 3 is 3.00 bits per heavy atom. The molecule has 1 heterocycles. The average molecular weight is 295 g/mol. The van der Waals surface area contributed by atoms with Crippen molar-refractivity contribution in [2.45, 2.75) is 32.2 Å². The summed E-state index contributed by atoms with van der Waals surface area (Å²) in [6, 6.07) is 8.11. The molecule has 4 rings (SSSR count). The lowest BCUT2D eigenvalue weighted by atomic mass is 9.88. The second-order valence-electron chi connectivity index (χ2n) is 6.71. The van der Waals surface area contributed by atoms with Gasteiger partial charge in [0.2, 0.25) is 5.91 Å². The van der Waals surface area contributed by atoms with Crippen LogP contribution in [-0.2, 0) is 11.3 Å². The summed E-state index contributed by atoms with van der Waals surface area (Å²) in [5, 5.41) is 3.12. The van der Waals surface area contributed by atoms with Gasteiger partial charge >= 0.3 is 0 Å². The molecule has 2 bridgehead atoms. The van der Waals surface area contributed by atoms with Crippen molar-refractivity contribution in [2.75, 3.05) is 5.32 Å². The molecule has 3 atom stereocenters.